The van der Waals surface area contributed by atoms with E-state index in [1.165, 1.54) is 17.1 Å². The molecule has 0 bridgehead atoms. The molecule has 0 saturated heterocycles. The third-order valence-electron chi connectivity index (χ3n) is 1.32. The van der Waals surface area contributed by atoms with Gasteiger partial charge >= 0.3 is 0 Å². The summed E-state index contributed by atoms with van der Waals surface area (Å²) in [6.45, 7) is 6.78. The summed E-state index contributed by atoms with van der Waals surface area (Å²) in [5.74, 6) is 1.22. The minimum absolute atomic E-state index is 0.389. The van der Waals surface area contributed by atoms with E-state index in [0.29, 0.717) is 4.75 Å². The highest BCUT2D eigenvalue weighted by atomic mass is 33.1. The van der Waals surface area contributed by atoms with Gasteiger partial charge in [0.05, 0.1) is 0 Å². The van der Waals surface area contributed by atoms with E-state index in [-0.39, 0.29) is 0 Å². The molecule has 13 heavy (non-hydrogen) atoms. The largest absolute Gasteiger partial charge is 0.149 e. The smallest absolute Gasteiger partial charge is 0.0179 e. The van der Waals surface area contributed by atoms with Gasteiger partial charge in [0.2, 0.25) is 0 Å². The number of hydrogen-bond donors (Lipinski definition) is 0. The molecule has 0 fully saturated rings. The highest BCUT2D eigenvalue weighted by Crippen LogP contribution is 2.35. The normalized spacial score (nSPS) is 11.9. The zero-order chi connectivity index (χ0) is 9.73. The molecule has 0 atom stereocenters. The topological polar surface area (TPSA) is 0 Å². The summed E-state index contributed by atoms with van der Waals surface area (Å²) in [4.78, 5) is 1.50. The van der Waals surface area contributed by atoms with Crippen molar-refractivity contribution in [3.05, 3.63) is 22.4 Å². The summed E-state index contributed by atoms with van der Waals surface area (Å²) in [6, 6.07) is 4.34. The number of rotatable bonds is 4. The maximum absolute atomic E-state index is 2.26. The van der Waals surface area contributed by atoms with Crippen LogP contribution in [0.5, 0.6) is 0 Å². The molecule has 1 aromatic heterocycles. The molecule has 1 heterocycles. The van der Waals surface area contributed by atoms with Crippen molar-refractivity contribution in [2.45, 2.75) is 31.9 Å². The van der Waals surface area contributed by atoms with E-state index in [1.807, 2.05) is 32.9 Å². The summed E-state index contributed by atoms with van der Waals surface area (Å²) >= 11 is 1.86. The highest BCUT2D eigenvalue weighted by molar-refractivity contribution is 8.77. The van der Waals surface area contributed by atoms with E-state index in [2.05, 4.69) is 38.3 Å². The van der Waals surface area contributed by atoms with E-state index in [4.69, 9.17) is 0 Å². The van der Waals surface area contributed by atoms with Gasteiger partial charge in [-0.2, -0.15) is 0 Å². The van der Waals surface area contributed by atoms with Crippen LogP contribution < -0.4 is 0 Å². The molecule has 3 heteroatoms. The molecule has 74 valence electrons. The van der Waals surface area contributed by atoms with Crippen molar-refractivity contribution in [2.75, 3.05) is 5.75 Å². The second-order valence-corrected chi connectivity index (χ2v) is 8.12. The molecule has 1 rings (SSSR count). The van der Waals surface area contributed by atoms with Gasteiger partial charge in [0.1, 0.15) is 0 Å². The van der Waals surface area contributed by atoms with Gasteiger partial charge in [-0.15, -0.1) is 11.3 Å². The van der Waals surface area contributed by atoms with Crippen LogP contribution >= 0.6 is 32.9 Å². The van der Waals surface area contributed by atoms with Crippen LogP contribution in [0.25, 0.3) is 0 Å². The Labute approximate surface area is 92.9 Å². The number of hydrogen-bond acceptors (Lipinski definition) is 3. The van der Waals surface area contributed by atoms with Gasteiger partial charge in [0.15, 0.2) is 0 Å². The van der Waals surface area contributed by atoms with Crippen LogP contribution in [-0.2, 0) is 6.42 Å². The minimum Gasteiger partial charge on any atom is -0.149 e. The molecule has 0 aliphatic carbocycles. The van der Waals surface area contributed by atoms with Crippen molar-refractivity contribution in [2.24, 2.45) is 0 Å². The SMILES string of the molecule is CC(C)(C)SSCCc1cccs1. The Morgan fingerprint density at radius 3 is 2.69 bits per heavy atom. The molecule has 0 spiro atoms. The van der Waals surface area contributed by atoms with Crippen molar-refractivity contribution >= 4 is 32.9 Å². The first-order valence-corrected chi connectivity index (χ1v) is 7.61. The van der Waals surface area contributed by atoms with Crippen LogP contribution in [0.2, 0.25) is 0 Å². The molecule has 0 saturated carbocycles. The lowest BCUT2D eigenvalue weighted by Gasteiger charge is -2.15. The van der Waals surface area contributed by atoms with Crippen LogP contribution in [0.4, 0.5) is 0 Å². The van der Waals surface area contributed by atoms with E-state index < -0.39 is 0 Å². The first-order chi connectivity index (χ1) is 6.08. The van der Waals surface area contributed by atoms with E-state index in [9.17, 15) is 0 Å². The molecule has 1 aromatic rings. The van der Waals surface area contributed by atoms with Gasteiger partial charge in [-0.3, -0.25) is 0 Å². The third-order valence-corrected chi connectivity index (χ3v) is 5.60. The van der Waals surface area contributed by atoms with Crippen molar-refractivity contribution in [3.8, 4) is 0 Å². The minimum atomic E-state index is 0.389. The molecule has 0 unspecified atom stereocenters. The van der Waals surface area contributed by atoms with Crippen molar-refractivity contribution < 1.29 is 0 Å². The third kappa shape index (κ3) is 5.66. The number of aryl methyl sites for hydroxylation is 1. The standard InChI is InChI=1S/C10H16S3/c1-10(2,3)13-12-8-6-9-5-4-7-11-9/h4-5,7H,6,8H2,1-3H3. The Bertz CT molecular complexity index is 221. The first kappa shape index (κ1) is 11.5. The van der Waals surface area contributed by atoms with Crippen LogP contribution in [0.1, 0.15) is 25.6 Å². The summed E-state index contributed by atoms with van der Waals surface area (Å²) in [6.07, 6.45) is 1.21. The van der Waals surface area contributed by atoms with E-state index in [0.717, 1.165) is 0 Å². The summed E-state index contributed by atoms with van der Waals surface area (Å²) in [5.41, 5.74) is 0. The molecule has 0 N–H and O–H groups in total. The lowest BCUT2D eigenvalue weighted by atomic mass is 10.3. The first-order valence-electron chi connectivity index (χ1n) is 4.41. The zero-order valence-corrected chi connectivity index (χ0v) is 10.8. The van der Waals surface area contributed by atoms with Gasteiger partial charge in [0, 0.05) is 15.4 Å². The van der Waals surface area contributed by atoms with E-state index in [1.54, 1.807) is 0 Å². The predicted molar refractivity (Wildman–Crippen MR) is 67.8 cm³/mol. The summed E-state index contributed by atoms with van der Waals surface area (Å²) in [5, 5.41) is 2.15. The van der Waals surface area contributed by atoms with Gasteiger partial charge in [-0.1, -0.05) is 48.4 Å². The molecule has 0 nitrogen and oxygen atoms in total. The Morgan fingerprint density at radius 2 is 2.15 bits per heavy atom. The quantitative estimate of drug-likeness (QED) is 0.555. The van der Waals surface area contributed by atoms with Gasteiger partial charge in [-0.25, -0.2) is 0 Å². The Morgan fingerprint density at radius 1 is 1.38 bits per heavy atom. The Hall–Kier alpha value is 0.400. The molecule has 0 radical (unpaired) electrons. The lowest BCUT2D eigenvalue weighted by molar-refractivity contribution is 0.810. The fraction of sp³-hybridized carbons (Fsp3) is 0.600. The second-order valence-electron chi connectivity index (χ2n) is 3.85. The molecule has 0 aliphatic rings. The number of thiophene rings is 1. The maximum Gasteiger partial charge on any atom is 0.0179 e. The lowest BCUT2D eigenvalue weighted by Crippen LogP contribution is -2.04. The van der Waals surface area contributed by atoms with Gasteiger partial charge in [0.25, 0.3) is 0 Å². The molecule has 0 aliphatic heterocycles. The molecular weight excluding hydrogens is 216 g/mol. The fourth-order valence-electron chi connectivity index (χ4n) is 0.816. The van der Waals surface area contributed by atoms with Gasteiger partial charge in [-0.05, 0) is 17.9 Å². The van der Waals surface area contributed by atoms with Crippen molar-refractivity contribution in [1.82, 2.24) is 0 Å². The van der Waals surface area contributed by atoms with Crippen LogP contribution in [0.15, 0.2) is 17.5 Å². The van der Waals surface area contributed by atoms with Gasteiger partial charge < -0.3 is 0 Å². The Balaban J connectivity index is 2.09. The highest BCUT2D eigenvalue weighted by Gasteiger charge is 2.10. The van der Waals surface area contributed by atoms with Crippen LogP contribution in [0, 0.1) is 0 Å². The maximum atomic E-state index is 2.26. The molecular formula is C10H16S3. The predicted octanol–water partition coefficient (Wildman–Crippen LogP) is 4.47. The van der Waals surface area contributed by atoms with Crippen LogP contribution in [0.3, 0.4) is 0 Å². The monoisotopic (exact) mass is 232 g/mol. The molecule has 0 aromatic carbocycles. The summed E-state index contributed by atoms with van der Waals surface area (Å²) in [7, 11) is 3.96. The van der Waals surface area contributed by atoms with Crippen LogP contribution in [-0.4, -0.2) is 10.5 Å². The Kier molecular flexibility index (Phi) is 4.70. The zero-order valence-electron chi connectivity index (χ0n) is 8.37. The van der Waals surface area contributed by atoms with Crippen molar-refractivity contribution in [1.29, 1.82) is 0 Å². The fourth-order valence-corrected chi connectivity index (χ4v) is 3.95. The second kappa shape index (κ2) is 5.32. The van der Waals surface area contributed by atoms with Crippen molar-refractivity contribution in [3.63, 3.8) is 0 Å². The van der Waals surface area contributed by atoms with E-state index >= 15 is 0 Å². The molecule has 0 amide bonds. The average Bonchev–Trinajstić information content (AvgIpc) is 2.48. The summed E-state index contributed by atoms with van der Waals surface area (Å²) < 4.78 is 0.389. The average molecular weight is 232 g/mol.